The van der Waals surface area contributed by atoms with Gasteiger partial charge in [-0.15, -0.1) is 0 Å². The number of imidazole rings is 1. The Kier molecular flexibility index (Phi) is 6.40. The van der Waals surface area contributed by atoms with Crippen molar-refractivity contribution in [2.24, 2.45) is 0 Å². The molecule has 7 heteroatoms. The molecule has 164 valence electrons. The molecule has 4 aromatic rings. The Balaban J connectivity index is 1.66. The number of esters is 1. The minimum absolute atomic E-state index is 0.302. The van der Waals surface area contributed by atoms with Crippen molar-refractivity contribution in [2.45, 2.75) is 27.0 Å². The van der Waals surface area contributed by atoms with E-state index in [0.29, 0.717) is 34.5 Å². The Hall–Kier alpha value is -3.02. The third-order valence-corrected chi connectivity index (χ3v) is 5.91. The topological polar surface area (TPSA) is 53.4 Å². The molecule has 0 aliphatic heterocycles. The summed E-state index contributed by atoms with van der Waals surface area (Å²) in [6, 6.07) is 16.7. The van der Waals surface area contributed by atoms with Gasteiger partial charge in [0.1, 0.15) is 23.7 Å². The molecule has 0 aliphatic rings. The number of ether oxygens (including phenoxy) is 2. The molecule has 1 aromatic heterocycles. The van der Waals surface area contributed by atoms with Gasteiger partial charge in [-0.05, 0) is 60.9 Å². The predicted octanol–water partition coefficient (Wildman–Crippen LogP) is 6.37. The lowest BCUT2D eigenvalue weighted by molar-refractivity contribution is 0.0595. The second-order valence-electron chi connectivity index (χ2n) is 7.54. The lowest BCUT2D eigenvalue weighted by atomic mass is 10.1. The van der Waals surface area contributed by atoms with Gasteiger partial charge in [0.25, 0.3) is 0 Å². The van der Waals surface area contributed by atoms with Gasteiger partial charge >= 0.3 is 5.97 Å². The van der Waals surface area contributed by atoms with Crippen LogP contribution in [0.25, 0.3) is 11.0 Å². The summed E-state index contributed by atoms with van der Waals surface area (Å²) in [6.07, 6.45) is 0. The number of carbonyl (C=O) groups excluding carboxylic acids is 1. The Labute approximate surface area is 196 Å². The molecule has 0 unspecified atom stereocenters. The number of hydrogen-bond acceptors (Lipinski definition) is 4. The molecule has 0 fully saturated rings. The maximum absolute atomic E-state index is 12.0. The minimum atomic E-state index is -0.430. The van der Waals surface area contributed by atoms with Crippen LogP contribution < -0.4 is 4.74 Å². The van der Waals surface area contributed by atoms with E-state index in [2.05, 4.69) is 16.7 Å². The van der Waals surface area contributed by atoms with Crippen LogP contribution in [0.15, 0.2) is 54.6 Å². The number of aromatic nitrogens is 2. The summed E-state index contributed by atoms with van der Waals surface area (Å²) in [6.45, 7) is 4.89. The molecule has 0 N–H and O–H groups in total. The highest BCUT2D eigenvalue weighted by atomic mass is 35.5. The van der Waals surface area contributed by atoms with Crippen LogP contribution in [0.5, 0.6) is 5.75 Å². The highest BCUT2D eigenvalue weighted by Gasteiger charge is 2.15. The number of fused-ring (bicyclic) bond motifs is 1. The van der Waals surface area contributed by atoms with Crippen LogP contribution in [0.1, 0.15) is 32.9 Å². The smallest absolute Gasteiger partial charge is 0.341 e. The van der Waals surface area contributed by atoms with Gasteiger partial charge in [0.15, 0.2) is 0 Å². The molecule has 1 heterocycles. The molecule has 32 heavy (non-hydrogen) atoms. The van der Waals surface area contributed by atoms with Gasteiger partial charge in [-0.25, -0.2) is 9.78 Å². The summed E-state index contributed by atoms with van der Waals surface area (Å²) >= 11 is 12.5. The summed E-state index contributed by atoms with van der Waals surface area (Å²) in [7, 11) is 1.35. The first-order valence-electron chi connectivity index (χ1n) is 10.1. The summed E-state index contributed by atoms with van der Waals surface area (Å²) in [4.78, 5) is 16.8. The molecular weight excluding hydrogens is 447 g/mol. The molecule has 0 saturated carbocycles. The zero-order valence-corrected chi connectivity index (χ0v) is 19.5. The van der Waals surface area contributed by atoms with E-state index in [-0.39, 0.29) is 0 Å². The van der Waals surface area contributed by atoms with Crippen molar-refractivity contribution in [3.05, 3.63) is 92.7 Å². The number of aryl methyl sites for hydroxylation is 2. The monoisotopic (exact) mass is 468 g/mol. The largest absolute Gasteiger partial charge is 0.488 e. The van der Waals surface area contributed by atoms with E-state index in [4.69, 9.17) is 37.7 Å². The number of para-hydroxylation sites is 1. The number of hydrogen-bond donors (Lipinski definition) is 0. The molecule has 0 aliphatic carbocycles. The van der Waals surface area contributed by atoms with Crippen molar-refractivity contribution < 1.29 is 14.3 Å². The van der Waals surface area contributed by atoms with Crippen LogP contribution >= 0.6 is 23.2 Å². The normalized spacial score (nSPS) is 11.0. The average Bonchev–Trinajstić information content (AvgIpc) is 3.09. The van der Waals surface area contributed by atoms with Crippen LogP contribution in [-0.2, 0) is 17.9 Å². The molecule has 0 radical (unpaired) electrons. The van der Waals surface area contributed by atoms with E-state index in [1.807, 2.05) is 32.0 Å². The summed E-state index contributed by atoms with van der Waals surface area (Å²) in [5.74, 6) is 0.943. The molecule has 0 atom stereocenters. The number of halogens is 2. The van der Waals surface area contributed by atoms with Crippen molar-refractivity contribution in [2.75, 3.05) is 7.11 Å². The van der Waals surface area contributed by atoms with E-state index in [1.165, 1.54) is 7.11 Å². The number of rotatable bonds is 6. The van der Waals surface area contributed by atoms with Gasteiger partial charge in [0, 0.05) is 10.0 Å². The van der Waals surface area contributed by atoms with Crippen molar-refractivity contribution >= 4 is 40.2 Å². The van der Waals surface area contributed by atoms with E-state index in [0.717, 1.165) is 33.5 Å². The molecule has 5 nitrogen and oxygen atoms in total. The molecule has 4 rings (SSSR count). The molecular formula is C25H22Cl2N2O3. The number of nitrogens with zero attached hydrogens (tertiary/aromatic N) is 2. The second kappa shape index (κ2) is 9.23. The highest BCUT2D eigenvalue weighted by molar-refractivity contribution is 6.35. The number of benzene rings is 3. The first kappa shape index (κ1) is 22.2. The van der Waals surface area contributed by atoms with Gasteiger partial charge in [-0.3, -0.25) is 0 Å². The van der Waals surface area contributed by atoms with Crippen molar-refractivity contribution in [3.8, 4) is 5.75 Å². The fraction of sp³-hybridized carbons (Fsp3) is 0.200. The fourth-order valence-corrected chi connectivity index (χ4v) is 4.19. The zero-order chi connectivity index (χ0) is 22.8. The lowest BCUT2D eigenvalue weighted by Gasteiger charge is -2.12. The van der Waals surface area contributed by atoms with Gasteiger partial charge < -0.3 is 14.0 Å². The average molecular weight is 469 g/mol. The molecule has 0 spiro atoms. The minimum Gasteiger partial charge on any atom is -0.488 e. The Morgan fingerprint density at radius 1 is 1.06 bits per heavy atom. The van der Waals surface area contributed by atoms with Crippen LogP contribution in [0.4, 0.5) is 0 Å². The molecule has 3 aromatic carbocycles. The second-order valence-corrected chi connectivity index (χ2v) is 8.38. The van der Waals surface area contributed by atoms with E-state index in [1.54, 1.807) is 24.3 Å². The van der Waals surface area contributed by atoms with E-state index >= 15 is 0 Å². The van der Waals surface area contributed by atoms with Crippen LogP contribution in [0, 0.1) is 13.8 Å². The molecule has 0 saturated heterocycles. The molecule has 0 bridgehead atoms. The maximum Gasteiger partial charge on any atom is 0.341 e. The van der Waals surface area contributed by atoms with Crippen molar-refractivity contribution in [3.63, 3.8) is 0 Å². The lowest BCUT2D eigenvalue weighted by Crippen LogP contribution is -2.06. The number of methoxy groups -OCH3 is 1. The zero-order valence-electron chi connectivity index (χ0n) is 18.0. The summed E-state index contributed by atoms with van der Waals surface area (Å²) in [5, 5.41) is 1.22. The Morgan fingerprint density at radius 3 is 2.59 bits per heavy atom. The Bertz CT molecular complexity index is 1310. The van der Waals surface area contributed by atoms with Crippen molar-refractivity contribution in [1.29, 1.82) is 0 Å². The maximum atomic E-state index is 12.0. The fourth-order valence-electron chi connectivity index (χ4n) is 3.72. The van der Waals surface area contributed by atoms with Crippen LogP contribution in [-0.4, -0.2) is 22.6 Å². The quantitative estimate of drug-likeness (QED) is 0.308. The first-order valence-corrected chi connectivity index (χ1v) is 10.8. The van der Waals surface area contributed by atoms with Gasteiger partial charge in [0.05, 0.1) is 24.7 Å². The Morgan fingerprint density at radius 2 is 1.84 bits per heavy atom. The molecule has 0 amide bonds. The van der Waals surface area contributed by atoms with Crippen LogP contribution in [0.3, 0.4) is 0 Å². The van der Waals surface area contributed by atoms with E-state index < -0.39 is 5.97 Å². The predicted molar refractivity (Wildman–Crippen MR) is 127 cm³/mol. The third-order valence-electron chi connectivity index (χ3n) is 5.33. The van der Waals surface area contributed by atoms with Gasteiger partial charge in [-0.1, -0.05) is 47.5 Å². The summed E-state index contributed by atoms with van der Waals surface area (Å²) in [5.41, 5.74) is 5.31. The van der Waals surface area contributed by atoms with Gasteiger partial charge in [-0.2, -0.15) is 0 Å². The van der Waals surface area contributed by atoms with E-state index in [9.17, 15) is 4.79 Å². The highest BCUT2D eigenvalue weighted by Crippen LogP contribution is 2.27. The van der Waals surface area contributed by atoms with Crippen LogP contribution in [0.2, 0.25) is 10.0 Å². The van der Waals surface area contributed by atoms with Crippen molar-refractivity contribution in [1.82, 2.24) is 9.55 Å². The standard InChI is InChI=1S/C25H22Cl2N2O3/c1-15-10-17(14-32-23-7-5-4-6-20(23)25(30)31-3)11-22-24(15)28-16(2)29(22)13-18-8-9-19(26)12-21(18)27/h4-12H,13-14H2,1-3H3. The SMILES string of the molecule is COC(=O)c1ccccc1OCc1cc(C)c2nc(C)n(Cc3ccc(Cl)cc3Cl)c2c1. The summed E-state index contributed by atoms with van der Waals surface area (Å²) < 4.78 is 13.0. The third kappa shape index (κ3) is 4.45. The van der Waals surface area contributed by atoms with Gasteiger partial charge in [0.2, 0.25) is 0 Å². The number of carbonyl (C=O) groups is 1. The first-order chi connectivity index (χ1) is 15.4.